The Hall–Kier alpha value is -2.18. The average molecular weight is 373 g/mol. The fourth-order valence-corrected chi connectivity index (χ4v) is 2.72. The Morgan fingerprint density at radius 2 is 1.85 bits per heavy atom. The lowest BCUT2D eigenvalue weighted by atomic mass is 10.1. The van der Waals surface area contributed by atoms with Crippen LogP contribution in [0.25, 0.3) is 11.5 Å². The predicted molar refractivity (Wildman–Crippen MR) is 107 cm³/mol. The van der Waals surface area contributed by atoms with Crippen molar-refractivity contribution in [3.63, 3.8) is 0 Å². The number of aromatic nitrogens is 1. The van der Waals surface area contributed by atoms with Crippen LogP contribution in [0.15, 0.2) is 28.7 Å². The third kappa shape index (κ3) is 6.81. The molecular weight excluding hydrogens is 342 g/mol. The van der Waals surface area contributed by atoms with Gasteiger partial charge in [-0.25, -0.2) is 4.98 Å². The van der Waals surface area contributed by atoms with E-state index in [9.17, 15) is 4.79 Å². The molecule has 6 nitrogen and oxygen atoms in total. The summed E-state index contributed by atoms with van der Waals surface area (Å²) in [6.45, 7) is 12.8. The molecule has 2 rings (SSSR count). The van der Waals surface area contributed by atoms with Crippen molar-refractivity contribution in [3.05, 3.63) is 41.3 Å². The number of amides is 1. The van der Waals surface area contributed by atoms with Crippen molar-refractivity contribution in [1.29, 1.82) is 0 Å². The lowest BCUT2D eigenvalue weighted by Crippen LogP contribution is -2.31. The van der Waals surface area contributed by atoms with Gasteiger partial charge in [0.1, 0.15) is 5.76 Å². The molecule has 1 aromatic heterocycles. The third-order valence-corrected chi connectivity index (χ3v) is 4.53. The highest BCUT2D eigenvalue weighted by Crippen LogP contribution is 2.22. The van der Waals surface area contributed by atoms with E-state index in [0.29, 0.717) is 37.1 Å². The van der Waals surface area contributed by atoms with Gasteiger partial charge in [0.2, 0.25) is 11.8 Å². The number of carbonyl (C=O) groups is 1. The van der Waals surface area contributed by atoms with Gasteiger partial charge in [-0.1, -0.05) is 31.5 Å². The van der Waals surface area contributed by atoms with Crippen LogP contribution in [0.4, 0.5) is 0 Å². The molecule has 27 heavy (non-hydrogen) atoms. The first kappa shape index (κ1) is 21.1. The fourth-order valence-electron chi connectivity index (χ4n) is 2.72. The number of rotatable bonds is 11. The molecular formula is C21H31N3O3. The number of hydrogen-bond donors (Lipinski definition) is 1. The van der Waals surface area contributed by atoms with Gasteiger partial charge < -0.3 is 19.4 Å². The van der Waals surface area contributed by atoms with E-state index in [1.165, 1.54) is 5.56 Å². The van der Waals surface area contributed by atoms with Gasteiger partial charge in [0, 0.05) is 18.7 Å². The van der Waals surface area contributed by atoms with Crippen molar-refractivity contribution in [3.8, 4) is 11.5 Å². The molecule has 0 unspecified atom stereocenters. The molecule has 1 aromatic carbocycles. The maximum absolute atomic E-state index is 12.1. The largest absolute Gasteiger partial charge is 0.441 e. The van der Waals surface area contributed by atoms with Crippen molar-refractivity contribution >= 4 is 5.91 Å². The van der Waals surface area contributed by atoms with Gasteiger partial charge in [-0.15, -0.1) is 0 Å². The van der Waals surface area contributed by atoms with E-state index < -0.39 is 0 Å². The normalized spacial score (nSPS) is 11.1. The number of oxazole rings is 1. The Kier molecular flexibility index (Phi) is 8.48. The first-order chi connectivity index (χ1) is 13.0. The summed E-state index contributed by atoms with van der Waals surface area (Å²) in [4.78, 5) is 18.9. The quantitative estimate of drug-likeness (QED) is 0.613. The van der Waals surface area contributed by atoms with Crippen LogP contribution in [-0.4, -0.2) is 55.2 Å². The minimum absolute atomic E-state index is 0.0748. The summed E-state index contributed by atoms with van der Waals surface area (Å²) in [6, 6.07) is 7.98. The first-order valence-corrected chi connectivity index (χ1v) is 9.63. The van der Waals surface area contributed by atoms with E-state index in [1.807, 2.05) is 38.1 Å². The van der Waals surface area contributed by atoms with Crippen LogP contribution in [0.2, 0.25) is 0 Å². The molecule has 6 heteroatoms. The van der Waals surface area contributed by atoms with E-state index in [-0.39, 0.29) is 12.3 Å². The summed E-state index contributed by atoms with van der Waals surface area (Å²) < 4.78 is 11.3. The SMILES string of the molecule is CCN(CC)CCOCCNC(=O)Cc1nc(-c2ccc(C)cc2)oc1C. The Balaban J connectivity index is 1.73. The lowest BCUT2D eigenvalue weighted by Gasteiger charge is -2.17. The maximum Gasteiger partial charge on any atom is 0.226 e. The molecule has 0 spiro atoms. The van der Waals surface area contributed by atoms with E-state index in [2.05, 4.69) is 29.0 Å². The highest BCUT2D eigenvalue weighted by Gasteiger charge is 2.14. The number of likely N-dealkylation sites (N-methyl/N-ethyl adjacent to an activating group) is 1. The molecule has 1 amide bonds. The zero-order valence-electron chi connectivity index (χ0n) is 16.9. The number of nitrogens with zero attached hydrogens (tertiary/aromatic N) is 2. The summed E-state index contributed by atoms with van der Waals surface area (Å²) >= 11 is 0. The second-order valence-electron chi connectivity index (χ2n) is 6.55. The molecule has 0 aliphatic carbocycles. The van der Waals surface area contributed by atoms with Gasteiger partial charge >= 0.3 is 0 Å². The zero-order valence-corrected chi connectivity index (χ0v) is 16.9. The van der Waals surface area contributed by atoms with Crippen LogP contribution in [0.1, 0.15) is 30.9 Å². The minimum Gasteiger partial charge on any atom is -0.441 e. The molecule has 1 N–H and O–H groups in total. The topological polar surface area (TPSA) is 67.6 Å². The van der Waals surface area contributed by atoms with Crippen molar-refractivity contribution in [1.82, 2.24) is 15.2 Å². The Morgan fingerprint density at radius 3 is 2.52 bits per heavy atom. The standard InChI is InChI=1S/C21H31N3O3/c1-5-24(6-2)12-14-26-13-11-22-20(25)15-19-17(4)27-21(23-19)18-9-7-16(3)8-10-18/h7-10H,5-6,11-15H2,1-4H3,(H,22,25). The van der Waals surface area contributed by atoms with Crippen molar-refractivity contribution < 1.29 is 13.9 Å². The molecule has 1 heterocycles. The number of hydrogen-bond acceptors (Lipinski definition) is 5. The first-order valence-electron chi connectivity index (χ1n) is 9.63. The number of benzene rings is 1. The predicted octanol–water partition coefficient (Wildman–Crippen LogP) is 2.98. The minimum atomic E-state index is -0.0748. The summed E-state index contributed by atoms with van der Waals surface area (Å²) in [5, 5.41) is 2.87. The number of nitrogens with one attached hydrogen (secondary N) is 1. The maximum atomic E-state index is 12.1. The van der Waals surface area contributed by atoms with Crippen LogP contribution < -0.4 is 5.32 Å². The van der Waals surface area contributed by atoms with Gasteiger partial charge in [0.25, 0.3) is 0 Å². The number of ether oxygens (including phenoxy) is 1. The van der Waals surface area contributed by atoms with E-state index in [4.69, 9.17) is 9.15 Å². The van der Waals surface area contributed by atoms with E-state index in [0.717, 1.165) is 25.2 Å². The van der Waals surface area contributed by atoms with Crippen molar-refractivity contribution in [2.45, 2.75) is 34.1 Å². The Labute approximate surface area is 161 Å². The summed E-state index contributed by atoms with van der Waals surface area (Å²) in [5.74, 6) is 1.15. The average Bonchev–Trinajstić information content (AvgIpc) is 3.02. The molecule has 0 atom stereocenters. The molecule has 2 aromatic rings. The number of aryl methyl sites for hydroxylation is 2. The van der Waals surface area contributed by atoms with Gasteiger partial charge in [-0.3, -0.25) is 4.79 Å². The molecule has 0 saturated carbocycles. The summed E-state index contributed by atoms with van der Waals surface area (Å²) in [7, 11) is 0. The molecule has 0 aliphatic rings. The van der Waals surface area contributed by atoms with Gasteiger partial charge in [0.05, 0.1) is 25.3 Å². The van der Waals surface area contributed by atoms with Crippen molar-refractivity contribution in [2.75, 3.05) is 39.4 Å². The molecule has 148 valence electrons. The second kappa shape index (κ2) is 10.8. The van der Waals surface area contributed by atoms with Gasteiger partial charge in [-0.2, -0.15) is 0 Å². The van der Waals surface area contributed by atoms with Crippen LogP contribution >= 0.6 is 0 Å². The van der Waals surface area contributed by atoms with Crippen LogP contribution in [0, 0.1) is 13.8 Å². The summed E-state index contributed by atoms with van der Waals surface area (Å²) in [6.07, 6.45) is 0.209. The highest BCUT2D eigenvalue weighted by molar-refractivity contribution is 5.78. The lowest BCUT2D eigenvalue weighted by molar-refractivity contribution is -0.120. The molecule has 0 radical (unpaired) electrons. The van der Waals surface area contributed by atoms with Gasteiger partial charge in [-0.05, 0) is 39.1 Å². The zero-order chi connectivity index (χ0) is 19.6. The molecule has 0 bridgehead atoms. The van der Waals surface area contributed by atoms with Gasteiger partial charge in [0.15, 0.2) is 0 Å². The smallest absolute Gasteiger partial charge is 0.226 e. The van der Waals surface area contributed by atoms with Crippen LogP contribution in [-0.2, 0) is 16.0 Å². The van der Waals surface area contributed by atoms with E-state index >= 15 is 0 Å². The van der Waals surface area contributed by atoms with Crippen molar-refractivity contribution in [2.24, 2.45) is 0 Å². The Morgan fingerprint density at radius 1 is 1.15 bits per heavy atom. The second-order valence-corrected chi connectivity index (χ2v) is 6.55. The molecule has 0 aliphatic heterocycles. The number of carbonyl (C=O) groups excluding carboxylic acids is 1. The monoisotopic (exact) mass is 373 g/mol. The van der Waals surface area contributed by atoms with Crippen LogP contribution in [0.3, 0.4) is 0 Å². The fraction of sp³-hybridized carbons (Fsp3) is 0.524. The highest BCUT2D eigenvalue weighted by atomic mass is 16.5. The molecule has 0 fully saturated rings. The Bertz CT molecular complexity index is 706. The van der Waals surface area contributed by atoms with E-state index in [1.54, 1.807) is 0 Å². The van der Waals surface area contributed by atoms with Crippen LogP contribution in [0.5, 0.6) is 0 Å². The summed E-state index contributed by atoms with van der Waals surface area (Å²) in [5.41, 5.74) is 2.77. The third-order valence-electron chi connectivity index (χ3n) is 4.53. The molecule has 0 saturated heterocycles.